The van der Waals surface area contributed by atoms with Crippen molar-refractivity contribution in [3.63, 3.8) is 0 Å². The van der Waals surface area contributed by atoms with Gasteiger partial charge in [0.15, 0.2) is 0 Å². The maximum atomic E-state index is 13.2. The highest BCUT2D eigenvalue weighted by Gasteiger charge is 2.56. The Kier molecular flexibility index (Phi) is 7.01. The van der Waals surface area contributed by atoms with Gasteiger partial charge in [0.25, 0.3) is 5.91 Å². The number of hydrogen-bond donors (Lipinski definition) is 0. The van der Waals surface area contributed by atoms with Crippen molar-refractivity contribution in [2.45, 2.75) is 22.5 Å². The van der Waals surface area contributed by atoms with Gasteiger partial charge >= 0.3 is 0 Å². The molecule has 0 spiro atoms. The minimum Gasteiger partial charge on any atom is -0.274 e. The molecule has 0 aromatic heterocycles. The number of rotatable bonds is 1. The summed E-state index contributed by atoms with van der Waals surface area (Å²) in [6, 6.07) is 0. The second kappa shape index (κ2) is 8.26. The molecule has 1 saturated heterocycles. The molecule has 1 aliphatic heterocycles. The molecule has 140 valence electrons. The van der Waals surface area contributed by atoms with E-state index in [1.807, 2.05) is 0 Å². The van der Waals surface area contributed by atoms with E-state index in [9.17, 15) is 14.4 Å². The third-order valence-corrected chi connectivity index (χ3v) is 13.6. The third-order valence-electron chi connectivity index (χ3n) is 4.55. The standard InChI is InChI=1S/C15H8Br7NO3/c16-4-2-1-3-5(7(4)17)14(25)23(13(3)24)15(26)6-8(18)10(20)12(22)11(21)9(6)19/h3-5,7H,1-2H2. The number of benzene rings is 1. The molecule has 2 aliphatic rings. The number of carbonyl (C=O) groups is 3. The van der Waals surface area contributed by atoms with Crippen molar-refractivity contribution < 1.29 is 14.4 Å². The molecular formula is C15H8Br7NO3. The zero-order valence-electron chi connectivity index (χ0n) is 12.5. The lowest BCUT2D eigenvalue weighted by Crippen LogP contribution is -2.39. The van der Waals surface area contributed by atoms with Crippen LogP contribution in [0.1, 0.15) is 23.2 Å². The first-order valence-electron chi connectivity index (χ1n) is 7.31. The molecule has 1 aromatic carbocycles. The number of alkyl halides is 2. The Morgan fingerprint density at radius 1 is 0.808 bits per heavy atom. The highest BCUT2D eigenvalue weighted by Crippen LogP contribution is 2.47. The van der Waals surface area contributed by atoms with E-state index in [0.29, 0.717) is 28.8 Å². The average Bonchev–Trinajstić information content (AvgIpc) is 2.85. The van der Waals surface area contributed by atoms with Gasteiger partial charge in [0.2, 0.25) is 11.8 Å². The van der Waals surface area contributed by atoms with Crippen molar-refractivity contribution in [3.05, 3.63) is 27.9 Å². The molecule has 1 aliphatic carbocycles. The van der Waals surface area contributed by atoms with E-state index < -0.39 is 29.6 Å². The molecule has 1 aromatic rings. The predicted octanol–water partition coefficient (Wildman–Crippen LogP) is 6.56. The van der Waals surface area contributed by atoms with Gasteiger partial charge in [0, 0.05) is 32.0 Å². The molecule has 0 N–H and O–H groups in total. The summed E-state index contributed by atoms with van der Waals surface area (Å²) in [5.41, 5.74) is 0.203. The number of nitrogens with zero attached hydrogens (tertiary/aromatic N) is 1. The Balaban J connectivity index is 2.07. The molecule has 1 heterocycles. The lowest BCUT2D eigenvalue weighted by Gasteiger charge is -2.30. The average molecular weight is 810 g/mol. The summed E-state index contributed by atoms with van der Waals surface area (Å²) < 4.78 is 2.81. The fraction of sp³-hybridized carbons (Fsp3) is 0.400. The van der Waals surface area contributed by atoms with Gasteiger partial charge in [-0.15, -0.1) is 0 Å². The predicted molar refractivity (Wildman–Crippen MR) is 123 cm³/mol. The van der Waals surface area contributed by atoms with Crippen LogP contribution in [0.2, 0.25) is 0 Å². The quantitative estimate of drug-likeness (QED) is 0.140. The second-order valence-electron chi connectivity index (χ2n) is 5.93. The van der Waals surface area contributed by atoms with E-state index in [2.05, 4.69) is 112 Å². The van der Waals surface area contributed by atoms with Gasteiger partial charge in [-0.1, -0.05) is 31.9 Å². The van der Waals surface area contributed by atoms with Crippen LogP contribution in [0.3, 0.4) is 0 Å². The molecule has 1 saturated carbocycles. The van der Waals surface area contributed by atoms with Crippen LogP contribution in [-0.2, 0) is 9.59 Å². The summed E-state index contributed by atoms with van der Waals surface area (Å²) in [4.78, 5) is 39.7. The Labute approximate surface area is 208 Å². The van der Waals surface area contributed by atoms with Crippen molar-refractivity contribution >= 4 is 129 Å². The van der Waals surface area contributed by atoms with Gasteiger partial charge in [0.05, 0.1) is 17.4 Å². The SMILES string of the molecule is O=C(c1c(Br)c(Br)c(Br)c(Br)c1Br)N1C(=O)C2CCC(Br)C(Br)C2C1=O. The summed E-state index contributed by atoms with van der Waals surface area (Å²) in [6.07, 6.45) is 1.34. The Bertz CT molecular complexity index is 814. The van der Waals surface area contributed by atoms with Crippen LogP contribution in [0.25, 0.3) is 0 Å². The van der Waals surface area contributed by atoms with Crippen LogP contribution >= 0.6 is 112 Å². The van der Waals surface area contributed by atoms with Gasteiger partial charge in [-0.05, 0) is 92.5 Å². The van der Waals surface area contributed by atoms with Gasteiger partial charge in [-0.25, -0.2) is 4.90 Å². The number of imide groups is 3. The number of amides is 3. The Morgan fingerprint density at radius 2 is 1.31 bits per heavy atom. The maximum absolute atomic E-state index is 13.2. The Morgan fingerprint density at radius 3 is 1.85 bits per heavy atom. The zero-order chi connectivity index (χ0) is 19.5. The van der Waals surface area contributed by atoms with Crippen molar-refractivity contribution in [3.8, 4) is 0 Å². The van der Waals surface area contributed by atoms with E-state index in [-0.39, 0.29) is 15.2 Å². The number of likely N-dealkylation sites (tertiary alicyclic amines) is 1. The highest BCUT2D eigenvalue weighted by atomic mass is 79.9. The van der Waals surface area contributed by atoms with Crippen molar-refractivity contribution in [1.82, 2.24) is 4.90 Å². The molecule has 4 nitrogen and oxygen atoms in total. The van der Waals surface area contributed by atoms with E-state index in [1.54, 1.807) is 0 Å². The first kappa shape index (κ1) is 22.1. The summed E-state index contributed by atoms with van der Waals surface area (Å²) in [7, 11) is 0. The molecule has 3 amide bonds. The van der Waals surface area contributed by atoms with Crippen LogP contribution in [0.4, 0.5) is 0 Å². The van der Waals surface area contributed by atoms with E-state index >= 15 is 0 Å². The first-order chi connectivity index (χ1) is 12.1. The van der Waals surface area contributed by atoms with Crippen molar-refractivity contribution in [1.29, 1.82) is 0 Å². The first-order valence-corrected chi connectivity index (χ1v) is 13.1. The van der Waals surface area contributed by atoms with Gasteiger partial charge in [-0.2, -0.15) is 0 Å². The van der Waals surface area contributed by atoms with Crippen LogP contribution in [0.15, 0.2) is 22.4 Å². The van der Waals surface area contributed by atoms with Gasteiger partial charge in [0.1, 0.15) is 0 Å². The number of halogens is 7. The Hall–Kier alpha value is 1.39. The fourth-order valence-electron chi connectivity index (χ4n) is 3.24. The molecule has 4 atom stereocenters. The smallest absolute Gasteiger partial charge is 0.269 e. The number of carbonyl (C=O) groups excluding carboxylic acids is 3. The molecule has 2 fully saturated rings. The normalized spacial score (nSPS) is 28.5. The summed E-state index contributed by atoms with van der Waals surface area (Å²) in [6.45, 7) is 0. The van der Waals surface area contributed by atoms with Crippen molar-refractivity contribution in [2.75, 3.05) is 0 Å². The second-order valence-corrected chi connectivity index (χ2v) is 12.1. The van der Waals surface area contributed by atoms with E-state index in [4.69, 9.17) is 0 Å². The van der Waals surface area contributed by atoms with Crippen molar-refractivity contribution in [2.24, 2.45) is 11.8 Å². The molecule has 11 heteroatoms. The fourth-order valence-corrected chi connectivity index (χ4v) is 8.08. The largest absolute Gasteiger partial charge is 0.274 e. The lowest BCUT2D eigenvalue weighted by molar-refractivity contribution is -0.136. The molecule has 26 heavy (non-hydrogen) atoms. The summed E-state index contributed by atoms with van der Waals surface area (Å²) in [5, 5.41) is 0. The van der Waals surface area contributed by atoms with Crippen LogP contribution in [0.5, 0.6) is 0 Å². The van der Waals surface area contributed by atoms with Crippen LogP contribution < -0.4 is 0 Å². The van der Waals surface area contributed by atoms with E-state index in [1.165, 1.54) is 0 Å². The maximum Gasteiger partial charge on any atom is 0.269 e. The monoisotopic (exact) mass is 802 g/mol. The molecule has 0 bridgehead atoms. The highest BCUT2D eigenvalue weighted by molar-refractivity contribution is 9.15. The van der Waals surface area contributed by atoms with Crippen LogP contribution in [0, 0.1) is 11.8 Å². The minimum atomic E-state index is -0.645. The molecule has 3 rings (SSSR count). The summed E-state index contributed by atoms with van der Waals surface area (Å²) >= 11 is 24.1. The topological polar surface area (TPSA) is 54.5 Å². The molecule has 4 unspecified atom stereocenters. The van der Waals surface area contributed by atoms with Gasteiger partial charge < -0.3 is 0 Å². The molecule has 0 radical (unpaired) electrons. The molecular weight excluding hydrogens is 801 g/mol. The zero-order valence-corrected chi connectivity index (χ0v) is 23.6. The minimum absolute atomic E-state index is 0.0880. The lowest BCUT2D eigenvalue weighted by atomic mass is 9.81. The van der Waals surface area contributed by atoms with E-state index in [0.717, 1.165) is 11.3 Å². The third kappa shape index (κ3) is 3.43. The van der Waals surface area contributed by atoms with Gasteiger partial charge in [-0.3, -0.25) is 14.4 Å². The summed E-state index contributed by atoms with van der Waals surface area (Å²) in [5.74, 6) is -2.53. The van der Waals surface area contributed by atoms with Crippen LogP contribution in [-0.4, -0.2) is 32.3 Å². The number of fused-ring (bicyclic) bond motifs is 1. The number of hydrogen-bond acceptors (Lipinski definition) is 3.